The zero-order valence-corrected chi connectivity index (χ0v) is 28.6. The minimum atomic E-state index is -0.767. The predicted molar refractivity (Wildman–Crippen MR) is 186 cm³/mol. The number of likely N-dealkylation sites (tertiary alicyclic amines) is 1. The third-order valence-corrected chi connectivity index (χ3v) is 8.61. The van der Waals surface area contributed by atoms with E-state index in [9.17, 15) is 24.0 Å². The maximum Gasteiger partial charge on any atom is 0.413 e. The normalized spacial score (nSPS) is 15.6. The first-order chi connectivity index (χ1) is 23.9. The molecule has 4 amide bonds. The molecule has 0 saturated carbocycles. The monoisotopic (exact) mass is 681 g/mol. The number of amides is 4. The van der Waals surface area contributed by atoms with Gasteiger partial charge < -0.3 is 24.2 Å². The highest BCUT2D eigenvalue weighted by Crippen LogP contribution is 2.29. The van der Waals surface area contributed by atoms with Gasteiger partial charge in [-0.15, -0.1) is 0 Å². The van der Waals surface area contributed by atoms with E-state index in [0.29, 0.717) is 37.2 Å². The fraction of sp³-hybridized carbons (Fsp3) is 0.368. The number of rotatable bonds is 9. The maximum atomic E-state index is 13.2. The van der Waals surface area contributed by atoms with E-state index < -0.39 is 29.6 Å². The van der Waals surface area contributed by atoms with Crippen molar-refractivity contribution >= 4 is 41.3 Å². The summed E-state index contributed by atoms with van der Waals surface area (Å²) >= 11 is 0. The second-order valence-corrected chi connectivity index (χ2v) is 13.5. The lowest BCUT2D eigenvalue weighted by Crippen LogP contribution is -2.57. The average Bonchev–Trinajstić information content (AvgIpc) is 3.09. The number of hydrogen-bond donors (Lipinski definition) is 2. The van der Waals surface area contributed by atoms with E-state index in [2.05, 4.69) is 5.32 Å². The summed E-state index contributed by atoms with van der Waals surface area (Å²) in [7, 11) is 0. The summed E-state index contributed by atoms with van der Waals surface area (Å²) < 4.78 is 11.2. The molecular weight excluding hydrogens is 638 g/mol. The fourth-order valence-electron chi connectivity index (χ4n) is 6.01. The number of anilines is 1. The van der Waals surface area contributed by atoms with E-state index in [1.54, 1.807) is 49.9 Å². The van der Waals surface area contributed by atoms with Gasteiger partial charge >= 0.3 is 23.9 Å². The van der Waals surface area contributed by atoms with Crippen LogP contribution in [0.5, 0.6) is 0 Å². The first-order valence-corrected chi connectivity index (χ1v) is 16.7. The summed E-state index contributed by atoms with van der Waals surface area (Å²) in [6.45, 7) is 6.24. The molecule has 50 heavy (non-hydrogen) atoms. The number of nitrogens with one attached hydrogen (secondary N) is 2. The number of nitrogens with zero attached hydrogens (tertiary/aromatic N) is 3. The molecule has 0 aromatic heterocycles. The smallest absolute Gasteiger partial charge is 0.413 e. The lowest BCUT2D eigenvalue weighted by molar-refractivity contribution is -0.150. The van der Waals surface area contributed by atoms with E-state index in [1.807, 2.05) is 60.7 Å². The molecular formula is C38H43N5O7. The Balaban J connectivity index is 1.08. The van der Waals surface area contributed by atoms with Crippen LogP contribution in [0.2, 0.25) is 0 Å². The van der Waals surface area contributed by atoms with E-state index >= 15 is 0 Å². The summed E-state index contributed by atoms with van der Waals surface area (Å²) in [5.74, 6) is -2.15. The summed E-state index contributed by atoms with van der Waals surface area (Å²) in [4.78, 5) is 68.6. The number of hydrogen-bond acceptors (Lipinski definition) is 8. The topological polar surface area (TPSA) is 149 Å². The molecule has 0 radical (unpaired) electrons. The summed E-state index contributed by atoms with van der Waals surface area (Å²) in [5, 5.41) is 10.5. The van der Waals surface area contributed by atoms with Crippen molar-refractivity contribution in [1.29, 1.82) is 5.41 Å². The van der Waals surface area contributed by atoms with E-state index in [-0.39, 0.29) is 49.7 Å². The van der Waals surface area contributed by atoms with E-state index in [4.69, 9.17) is 14.9 Å². The first kappa shape index (κ1) is 35.8. The van der Waals surface area contributed by atoms with Gasteiger partial charge in [-0.2, -0.15) is 0 Å². The fourth-order valence-corrected chi connectivity index (χ4v) is 6.01. The molecule has 12 heteroatoms. The zero-order chi connectivity index (χ0) is 35.8. The van der Waals surface area contributed by atoms with Crippen molar-refractivity contribution < 1.29 is 33.4 Å². The SMILES string of the molecule is CC(C)(C)OC(=O)NC(=N)c1ccc(N2CCN(CC(=O)N3CCC(CC(=O)OC(c4ccccc4)c4ccccc4)CC3)C(=O)C2=O)cc1. The van der Waals surface area contributed by atoms with Gasteiger partial charge in [0.15, 0.2) is 6.10 Å². The van der Waals surface area contributed by atoms with Crippen molar-refractivity contribution in [3.05, 3.63) is 102 Å². The largest absolute Gasteiger partial charge is 0.453 e. The zero-order valence-electron chi connectivity index (χ0n) is 28.6. The Morgan fingerprint density at radius 2 is 1.40 bits per heavy atom. The molecule has 0 aliphatic carbocycles. The number of ether oxygens (including phenoxy) is 2. The van der Waals surface area contributed by atoms with Gasteiger partial charge in [0.25, 0.3) is 0 Å². The molecule has 2 aliphatic heterocycles. The van der Waals surface area contributed by atoms with Crippen molar-refractivity contribution in [3.63, 3.8) is 0 Å². The Morgan fingerprint density at radius 1 is 0.820 bits per heavy atom. The number of benzene rings is 3. The van der Waals surface area contributed by atoms with Gasteiger partial charge in [-0.3, -0.25) is 29.9 Å². The summed E-state index contributed by atoms with van der Waals surface area (Å²) in [6, 6.07) is 25.6. The predicted octanol–water partition coefficient (Wildman–Crippen LogP) is 4.67. The molecule has 3 aromatic rings. The Kier molecular flexibility index (Phi) is 11.3. The number of alkyl carbamates (subject to hydrolysis) is 1. The highest BCUT2D eigenvalue weighted by atomic mass is 16.6. The van der Waals surface area contributed by atoms with Gasteiger partial charge in [0.05, 0.1) is 0 Å². The lowest BCUT2D eigenvalue weighted by atomic mass is 9.93. The van der Waals surface area contributed by atoms with Crippen LogP contribution in [-0.4, -0.2) is 83.7 Å². The molecule has 3 aromatic carbocycles. The van der Waals surface area contributed by atoms with E-state index in [1.165, 1.54) is 9.80 Å². The third kappa shape index (κ3) is 9.34. The molecule has 2 aliphatic rings. The van der Waals surface area contributed by atoms with Crippen LogP contribution in [0.25, 0.3) is 0 Å². The molecule has 0 bridgehead atoms. The molecule has 262 valence electrons. The van der Waals surface area contributed by atoms with Crippen LogP contribution in [0.1, 0.15) is 62.8 Å². The van der Waals surface area contributed by atoms with Gasteiger partial charge in [-0.05, 0) is 74.9 Å². The van der Waals surface area contributed by atoms with Crippen LogP contribution in [0.4, 0.5) is 10.5 Å². The number of piperazine rings is 1. The molecule has 2 heterocycles. The first-order valence-electron chi connectivity index (χ1n) is 16.7. The number of carbonyl (C=O) groups is 5. The highest BCUT2D eigenvalue weighted by molar-refractivity contribution is 6.41. The number of piperidine rings is 1. The van der Waals surface area contributed by atoms with E-state index in [0.717, 1.165) is 11.1 Å². The number of esters is 1. The van der Waals surface area contributed by atoms with Crippen LogP contribution >= 0.6 is 0 Å². The van der Waals surface area contributed by atoms with Crippen LogP contribution in [-0.2, 0) is 28.7 Å². The molecule has 2 fully saturated rings. The molecule has 2 saturated heterocycles. The number of amidine groups is 1. The second-order valence-electron chi connectivity index (χ2n) is 13.5. The lowest BCUT2D eigenvalue weighted by Gasteiger charge is -2.36. The van der Waals surface area contributed by atoms with Crippen LogP contribution in [0, 0.1) is 11.3 Å². The van der Waals surface area contributed by atoms with Gasteiger partial charge in [-0.1, -0.05) is 60.7 Å². The second kappa shape index (κ2) is 15.8. The van der Waals surface area contributed by atoms with Crippen molar-refractivity contribution in [2.24, 2.45) is 5.92 Å². The maximum absolute atomic E-state index is 13.2. The van der Waals surface area contributed by atoms with Gasteiger partial charge in [0.2, 0.25) is 5.91 Å². The Hall–Kier alpha value is -5.52. The quantitative estimate of drug-likeness (QED) is 0.144. The van der Waals surface area contributed by atoms with Crippen molar-refractivity contribution in [2.75, 3.05) is 37.6 Å². The van der Waals surface area contributed by atoms with Crippen LogP contribution in [0.3, 0.4) is 0 Å². The molecule has 0 spiro atoms. The summed E-state index contributed by atoms with van der Waals surface area (Å²) in [6.07, 6.45) is 0.246. The van der Waals surface area contributed by atoms with Crippen molar-refractivity contribution in [3.8, 4) is 0 Å². The average molecular weight is 682 g/mol. The molecule has 0 atom stereocenters. The Morgan fingerprint density at radius 3 is 1.96 bits per heavy atom. The van der Waals surface area contributed by atoms with Gasteiger partial charge in [0, 0.05) is 43.9 Å². The third-order valence-electron chi connectivity index (χ3n) is 8.61. The highest BCUT2D eigenvalue weighted by Gasteiger charge is 2.36. The minimum Gasteiger partial charge on any atom is -0.453 e. The standard InChI is InChI=1S/C38H43N5O7/c1-38(2,3)50-37(48)40-34(39)29-14-16-30(17-15-29)43-23-22-42(35(46)36(43)47)25-31(44)41-20-18-26(19-21-41)24-32(45)49-33(27-10-6-4-7-11-27)28-12-8-5-9-13-28/h4-17,26,33H,18-25H2,1-3H3,(H2,39,40,48). The van der Waals surface area contributed by atoms with Gasteiger partial charge in [-0.25, -0.2) is 4.79 Å². The van der Waals surface area contributed by atoms with Crippen LogP contribution in [0.15, 0.2) is 84.9 Å². The number of carbonyl (C=O) groups excluding carboxylic acids is 5. The molecule has 12 nitrogen and oxygen atoms in total. The van der Waals surface area contributed by atoms with Gasteiger partial charge in [0.1, 0.15) is 18.0 Å². The molecule has 0 unspecified atom stereocenters. The molecule has 2 N–H and O–H groups in total. The Bertz CT molecular complexity index is 1660. The molecule has 5 rings (SSSR count). The van der Waals surface area contributed by atoms with Crippen molar-refractivity contribution in [1.82, 2.24) is 15.1 Å². The Labute approximate surface area is 291 Å². The van der Waals surface area contributed by atoms with Crippen molar-refractivity contribution in [2.45, 2.75) is 51.7 Å². The summed E-state index contributed by atoms with van der Waals surface area (Å²) in [5.41, 5.74) is 1.93. The van der Waals surface area contributed by atoms with Crippen LogP contribution < -0.4 is 10.2 Å². The minimum absolute atomic E-state index is 0.0636.